The number of benzene rings is 1. The van der Waals surface area contributed by atoms with Crippen molar-refractivity contribution >= 4 is 5.69 Å². The molecule has 2 rings (SSSR count). The fourth-order valence-electron chi connectivity index (χ4n) is 2.92. The highest BCUT2D eigenvalue weighted by Crippen LogP contribution is 2.31. The molecule has 1 fully saturated rings. The van der Waals surface area contributed by atoms with Gasteiger partial charge >= 0.3 is 0 Å². The molecule has 1 aliphatic heterocycles. The van der Waals surface area contributed by atoms with Crippen LogP contribution in [0.4, 0.5) is 10.1 Å². The molecule has 1 unspecified atom stereocenters. The summed E-state index contributed by atoms with van der Waals surface area (Å²) in [7, 11) is 0. The molecule has 1 saturated heterocycles. The maximum atomic E-state index is 13.7. The lowest BCUT2D eigenvalue weighted by Crippen LogP contribution is -2.40. The van der Waals surface area contributed by atoms with E-state index in [1.54, 1.807) is 6.07 Å². The van der Waals surface area contributed by atoms with Crippen molar-refractivity contribution in [2.75, 3.05) is 11.4 Å². The molecule has 1 N–H and O–H groups in total. The van der Waals surface area contributed by atoms with Gasteiger partial charge < -0.3 is 10.0 Å². The summed E-state index contributed by atoms with van der Waals surface area (Å²) in [5.41, 5.74) is 1.33. The van der Waals surface area contributed by atoms with Gasteiger partial charge in [0.2, 0.25) is 0 Å². The van der Waals surface area contributed by atoms with Crippen LogP contribution < -0.4 is 4.90 Å². The summed E-state index contributed by atoms with van der Waals surface area (Å²) in [6.07, 6.45) is 5.87. The quantitative estimate of drug-likeness (QED) is 0.885. The summed E-state index contributed by atoms with van der Waals surface area (Å²) in [6, 6.07) is 5.59. The van der Waals surface area contributed by atoms with Gasteiger partial charge in [-0.05, 0) is 37.8 Å². The zero-order chi connectivity index (χ0) is 13.0. The Kier molecular flexibility index (Phi) is 4.59. The third kappa shape index (κ3) is 2.66. The standard InChI is InChI=1S/C15H22FNO/c1-2-6-12-7-3-4-10-17(12)15-9-5-8-14(16)13(15)11-18/h5,8-9,12,18H,2-4,6-7,10-11H2,1H3. The average molecular weight is 251 g/mol. The largest absolute Gasteiger partial charge is 0.391 e. The van der Waals surface area contributed by atoms with Crippen molar-refractivity contribution in [1.29, 1.82) is 0 Å². The smallest absolute Gasteiger partial charge is 0.130 e. The van der Waals surface area contributed by atoms with Gasteiger partial charge in [0.05, 0.1) is 6.61 Å². The van der Waals surface area contributed by atoms with Crippen LogP contribution >= 0.6 is 0 Å². The van der Waals surface area contributed by atoms with Crippen molar-refractivity contribution in [2.24, 2.45) is 0 Å². The number of halogens is 1. The topological polar surface area (TPSA) is 23.5 Å². The fourth-order valence-corrected chi connectivity index (χ4v) is 2.92. The molecule has 3 heteroatoms. The molecule has 1 aromatic carbocycles. The van der Waals surface area contributed by atoms with Crippen LogP contribution in [0.1, 0.15) is 44.6 Å². The first-order valence-electron chi connectivity index (χ1n) is 6.92. The lowest BCUT2D eigenvalue weighted by atomic mass is 9.96. The van der Waals surface area contributed by atoms with E-state index in [4.69, 9.17) is 0 Å². The number of aliphatic hydroxyl groups is 1. The van der Waals surface area contributed by atoms with Crippen LogP contribution in [0.3, 0.4) is 0 Å². The van der Waals surface area contributed by atoms with Crippen molar-refractivity contribution in [3.05, 3.63) is 29.6 Å². The Balaban J connectivity index is 2.30. The second-order valence-corrected chi connectivity index (χ2v) is 5.03. The number of aliphatic hydroxyl groups excluding tert-OH is 1. The minimum absolute atomic E-state index is 0.225. The van der Waals surface area contributed by atoms with Crippen molar-refractivity contribution < 1.29 is 9.50 Å². The predicted molar refractivity (Wildman–Crippen MR) is 72.2 cm³/mol. The molecule has 0 spiro atoms. The molecule has 100 valence electrons. The number of anilines is 1. The Morgan fingerprint density at radius 3 is 2.94 bits per heavy atom. The van der Waals surface area contributed by atoms with Gasteiger partial charge in [0.1, 0.15) is 5.82 Å². The highest BCUT2D eigenvalue weighted by Gasteiger charge is 2.24. The minimum Gasteiger partial charge on any atom is -0.391 e. The summed E-state index contributed by atoms with van der Waals surface area (Å²) in [6.45, 7) is 2.93. The van der Waals surface area contributed by atoms with Gasteiger partial charge in [-0.25, -0.2) is 4.39 Å². The zero-order valence-corrected chi connectivity index (χ0v) is 11.0. The first-order valence-corrected chi connectivity index (χ1v) is 6.92. The van der Waals surface area contributed by atoms with Gasteiger partial charge in [-0.2, -0.15) is 0 Å². The van der Waals surface area contributed by atoms with Crippen LogP contribution in [0.15, 0.2) is 18.2 Å². The van der Waals surface area contributed by atoms with E-state index in [2.05, 4.69) is 11.8 Å². The van der Waals surface area contributed by atoms with Gasteiger partial charge in [-0.3, -0.25) is 0 Å². The van der Waals surface area contributed by atoms with Gasteiger partial charge in [-0.1, -0.05) is 19.4 Å². The molecule has 1 aliphatic rings. The Bertz CT molecular complexity index is 392. The molecule has 2 nitrogen and oxygen atoms in total. The molecule has 0 amide bonds. The highest BCUT2D eigenvalue weighted by atomic mass is 19.1. The molecule has 0 aliphatic carbocycles. The van der Waals surface area contributed by atoms with Gasteiger partial charge in [0.15, 0.2) is 0 Å². The van der Waals surface area contributed by atoms with E-state index in [9.17, 15) is 9.50 Å². The van der Waals surface area contributed by atoms with Gasteiger partial charge in [-0.15, -0.1) is 0 Å². The van der Waals surface area contributed by atoms with Crippen LogP contribution in [0.2, 0.25) is 0 Å². The highest BCUT2D eigenvalue weighted by molar-refractivity contribution is 5.55. The molecular formula is C15H22FNO. The Hall–Kier alpha value is -1.09. The molecule has 1 atom stereocenters. The van der Waals surface area contributed by atoms with E-state index < -0.39 is 0 Å². The zero-order valence-electron chi connectivity index (χ0n) is 11.0. The lowest BCUT2D eigenvalue weighted by Gasteiger charge is -2.38. The van der Waals surface area contributed by atoms with Crippen LogP contribution in [-0.4, -0.2) is 17.7 Å². The summed E-state index contributed by atoms with van der Waals surface area (Å²) in [4.78, 5) is 2.29. The summed E-state index contributed by atoms with van der Waals surface area (Å²) < 4.78 is 13.7. The average Bonchev–Trinajstić information content (AvgIpc) is 2.39. The second kappa shape index (κ2) is 6.19. The van der Waals surface area contributed by atoms with E-state index in [-0.39, 0.29) is 12.4 Å². The molecule has 0 radical (unpaired) electrons. The molecule has 0 saturated carbocycles. The van der Waals surface area contributed by atoms with E-state index >= 15 is 0 Å². The Labute approximate surface area is 108 Å². The number of piperidine rings is 1. The second-order valence-electron chi connectivity index (χ2n) is 5.03. The maximum absolute atomic E-state index is 13.7. The molecule has 18 heavy (non-hydrogen) atoms. The molecule has 1 heterocycles. The van der Waals surface area contributed by atoms with E-state index in [0.29, 0.717) is 11.6 Å². The molecule has 0 bridgehead atoms. The summed E-state index contributed by atoms with van der Waals surface area (Å²) in [5.74, 6) is -0.296. The normalized spacial score (nSPS) is 20.2. The van der Waals surface area contributed by atoms with Crippen LogP contribution in [0.5, 0.6) is 0 Å². The van der Waals surface area contributed by atoms with E-state index in [1.165, 1.54) is 18.9 Å². The number of hydrogen-bond donors (Lipinski definition) is 1. The Morgan fingerprint density at radius 2 is 2.22 bits per heavy atom. The van der Waals surface area contributed by atoms with Crippen LogP contribution in [-0.2, 0) is 6.61 Å². The monoisotopic (exact) mass is 251 g/mol. The molecule has 0 aromatic heterocycles. The first kappa shape index (κ1) is 13.3. The minimum atomic E-state index is -0.296. The van der Waals surface area contributed by atoms with Crippen molar-refractivity contribution in [3.63, 3.8) is 0 Å². The van der Waals surface area contributed by atoms with Crippen molar-refractivity contribution in [3.8, 4) is 0 Å². The van der Waals surface area contributed by atoms with Gasteiger partial charge in [0.25, 0.3) is 0 Å². The van der Waals surface area contributed by atoms with Crippen molar-refractivity contribution in [2.45, 2.75) is 51.7 Å². The molecule has 1 aromatic rings. The van der Waals surface area contributed by atoms with Gasteiger partial charge in [0, 0.05) is 23.8 Å². The first-order chi connectivity index (χ1) is 8.77. The summed E-state index contributed by atoms with van der Waals surface area (Å²) >= 11 is 0. The third-order valence-corrected chi connectivity index (χ3v) is 3.81. The maximum Gasteiger partial charge on any atom is 0.130 e. The number of hydrogen-bond acceptors (Lipinski definition) is 2. The predicted octanol–water partition coefficient (Wildman–Crippen LogP) is 3.48. The van der Waals surface area contributed by atoms with Crippen molar-refractivity contribution in [1.82, 2.24) is 0 Å². The van der Waals surface area contributed by atoms with E-state index in [1.807, 2.05) is 6.07 Å². The van der Waals surface area contributed by atoms with Crippen LogP contribution in [0, 0.1) is 5.82 Å². The lowest BCUT2D eigenvalue weighted by molar-refractivity contribution is 0.275. The third-order valence-electron chi connectivity index (χ3n) is 3.81. The number of nitrogens with zero attached hydrogens (tertiary/aromatic N) is 1. The Morgan fingerprint density at radius 1 is 1.39 bits per heavy atom. The summed E-state index contributed by atoms with van der Waals surface area (Å²) in [5, 5.41) is 9.38. The fraction of sp³-hybridized carbons (Fsp3) is 0.600. The molecular weight excluding hydrogens is 229 g/mol. The van der Waals surface area contributed by atoms with Crippen LogP contribution in [0.25, 0.3) is 0 Å². The number of rotatable bonds is 4. The van der Waals surface area contributed by atoms with E-state index in [0.717, 1.165) is 31.5 Å². The SMILES string of the molecule is CCCC1CCCCN1c1cccc(F)c1CO.